The maximum Gasteiger partial charge on any atom is 0.325 e. The topological polar surface area (TPSA) is 125 Å². The van der Waals surface area contributed by atoms with Gasteiger partial charge in [-0.05, 0) is 41.1 Å². The van der Waals surface area contributed by atoms with Crippen LogP contribution in [0.3, 0.4) is 0 Å². The van der Waals surface area contributed by atoms with Gasteiger partial charge >= 0.3 is 5.97 Å². The number of nitro groups is 1. The van der Waals surface area contributed by atoms with Crippen molar-refractivity contribution in [3.8, 4) is 11.5 Å². The second-order valence-electron chi connectivity index (χ2n) is 6.47. The van der Waals surface area contributed by atoms with Crippen molar-refractivity contribution in [2.75, 3.05) is 20.8 Å². The van der Waals surface area contributed by atoms with Gasteiger partial charge in [0.2, 0.25) is 0 Å². The minimum Gasteiger partial charge on any atom is -0.493 e. The number of hydrogen-bond donors (Lipinski definition) is 0. The predicted molar refractivity (Wildman–Crippen MR) is 115 cm³/mol. The summed E-state index contributed by atoms with van der Waals surface area (Å²) < 4.78 is 15.6. The molecule has 32 heavy (non-hydrogen) atoms. The Balaban J connectivity index is 1.75. The molecule has 2 amide bonds. The van der Waals surface area contributed by atoms with Crippen LogP contribution in [0, 0.1) is 10.1 Å². The number of methoxy groups -OCH3 is 2. The molecule has 2 aromatic carbocycles. The van der Waals surface area contributed by atoms with Crippen LogP contribution in [0.15, 0.2) is 47.4 Å². The van der Waals surface area contributed by atoms with Crippen LogP contribution in [0.1, 0.15) is 11.1 Å². The normalized spacial score (nSPS) is 14.6. The summed E-state index contributed by atoms with van der Waals surface area (Å²) in [7, 11) is 2.62. The smallest absolute Gasteiger partial charge is 0.325 e. The lowest BCUT2D eigenvalue weighted by Gasteiger charge is -2.12. The van der Waals surface area contributed by atoms with Gasteiger partial charge in [0.25, 0.3) is 16.8 Å². The molecule has 1 aliphatic rings. The molecular formula is C21H18N2O8S. The quantitative estimate of drug-likeness (QED) is 0.253. The van der Waals surface area contributed by atoms with Crippen LogP contribution < -0.4 is 9.47 Å². The van der Waals surface area contributed by atoms with Gasteiger partial charge in [-0.25, -0.2) is 0 Å². The lowest BCUT2D eigenvalue weighted by atomic mass is 10.1. The number of benzene rings is 2. The number of nitrogens with zero attached hydrogens (tertiary/aromatic N) is 2. The summed E-state index contributed by atoms with van der Waals surface area (Å²) in [5.41, 5.74) is 1.16. The second kappa shape index (κ2) is 9.96. The number of imide groups is 1. The molecule has 1 saturated heterocycles. The second-order valence-corrected chi connectivity index (χ2v) is 7.46. The fraction of sp³-hybridized carbons (Fsp3) is 0.190. The number of nitro benzene ring substituents is 1. The van der Waals surface area contributed by atoms with Gasteiger partial charge in [-0.2, -0.15) is 0 Å². The Hall–Kier alpha value is -3.86. The third-order valence-corrected chi connectivity index (χ3v) is 5.30. The van der Waals surface area contributed by atoms with E-state index in [0.29, 0.717) is 22.6 Å². The van der Waals surface area contributed by atoms with Gasteiger partial charge in [0.05, 0.1) is 24.0 Å². The molecule has 2 aromatic rings. The summed E-state index contributed by atoms with van der Waals surface area (Å²) in [6.07, 6.45) is 1.51. The van der Waals surface area contributed by atoms with E-state index in [0.717, 1.165) is 16.7 Å². The zero-order chi connectivity index (χ0) is 23.3. The lowest BCUT2D eigenvalue weighted by molar-refractivity contribution is -0.384. The third-order valence-electron chi connectivity index (χ3n) is 4.39. The van der Waals surface area contributed by atoms with Gasteiger partial charge in [-0.3, -0.25) is 29.4 Å². The van der Waals surface area contributed by atoms with Gasteiger partial charge in [-0.1, -0.05) is 18.2 Å². The largest absolute Gasteiger partial charge is 0.493 e. The molecule has 0 saturated carbocycles. The summed E-state index contributed by atoms with van der Waals surface area (Å²) in [4.78, 5) is 47.3. The molecule has 1 heterocycles. The van der Waals surface area contributed by atoms with Gasteiger partial charge in [0, 0.05) is 12.1 Å². The first-order valence-corrected chi connectivity index (χ1v) is 10.0. The van der Waals surface area contributed by atoms with E-state index in [2.05, 4.69) is 4.74 Å². The van der Waals surface area contributed by atoms with Crippen LogP contribution >= 0.6 is 11.8 Å². The molecule has 0 radical (unpaired) electrons. The van der Waals surface area contributed by atoms with E-state index in [4.69, 9.17) is 9.47 Å². The monoisotopic (exact) mass is 458 g/mol. The van der Waals surface area contributed by atoms with E-state index in [9.17, 15) is 24.5 Å². The number of rotatable bonds is 8. The number of carbonyl (C=O) groups excluding carboxylic acids is 3. The van der Waals surface area contributed by atoms with E-state index in [-0.39, 0.29) is 17.2 Å². The molecule has 0 aliphatic carbocycles. The van der Waals surface area contributed by atoms with Gasteiger partial charge in [-0.15, -0.1) is 0 Å². The van der Waals surface area contributed by atoms with E-state index >= 15 is 0 Å². The van der Waals surface area contributed by atoms with Crippen molar-refractivity contribution < 1.29 is 33.5 Å². The summed E-state index contributed by atoms with van der Waals surface area (Å²) >= 11 is 0.722. The number of ether oxygens (including phenoxy) is 3. The molecule has 166 valence electrons. The van der Waals surface area contributed by atoms with Gasteiger partial charge in [0.15, 0.2) is 11.5 Å². The Morgan fingerprint density at radius 3 is 2.62 bits per heavy atom. The third kappa shape index (κ3) is 5.24. The molecular weight excluding hydrogens is 440 g/mol. The Labute approximate surface area is 186 Å². The van der Waals surface area contributed by atoms with Crippen LogP contribution in [0.25, 0.3) is 6.08 Å². The Morgan fingerprint density at radius 1 is 1.16 bits per heavy atom. The molecule has 1 aliphatic heterocycles. The molecule has 0 N–H and O–H groups in total. The zero-order valence-electron chi connectivity index (χ0n) is 17.1. The minimum absolute atomic E-state index is 0.0328. The molecule has 0 atom stereocenters. The Kier molecular flexibility index (Phi) is 7.11. The van der Waals surface area contributed by atoms with E-state index in [1.807, 2.05) is 0 Å². The van der Waals surface area contributed by atoms with Crippen LogP contribution in [0.2, 0.25) is 0 Å². The van der Waals surface area contributed by atoms with Gasteiger partial charge in [0.1, 0.15) is 13.2 Å². The first-order chi connectivity index (χ1) is 15.3. The van der Waals surface area contributed by atoms with Crippen LogP contribution in [-0.2, 0) is 20.9 Å². The number of non-ortho nitro benzene ring substituents is 1. The van der Waals surface area contributed by atoms with E-state index in [1.54, 1.807) is 30.3 Å². The Morgan fingerprint density at radius 2 is 1.94 bits per heavy atom. The molecule has 0 aromatic heterocycles. The molecule has 0 bridgehead atoms. The minimum atomic E-state index is -0.694. The number of carbonyl (C=O) groups is 3. The number of thioether (sulfide) groups is 1. The highest BCUT2D eigenvalue weighted by atomic mass is 32.2. The number of esters is 1. The fourth-order valence-corrected chi connectivity index (χ4v) is 3.63. The summed E-state index contributed by atoms with van der Waals surface area (Å²) in [5, 5.41) is 10.3. The average Bonchev–Trinajstić information content (AvgIpc) is 3.05. The lowest BCUT2D eigenvalue weighted by Crippen LogP contribution is -2.34. The summed E-state index contributed by atoms with van der Waals surface area (Å²) in [6.45, 7) is -0.365. The number of hydrogen-bond acceptors (Lipinski definition) is 9. The Bertz CT molecular complexity index is 1110. The standard InChI is InChI=1S/C21H18N2O8S/c1-29-17-9-13(10-18-20(25)22(21(26)32-18)11-19(24)30-2)6-7-16(17)31-12-14-4-3-5-15(8-14)23(27)28/h3-10H,11-12H2,1-2H3/b18-10+. The van der Waals surface area contributed by atoms with Crippen molar-refractivity contribution in [2.24, 2.45) is 0 Å². The zero-order valence-corrected chi connectivity index (χ0v) is 17.9. The first-order valence-electron chi connectivity index (χ1n) is 9.18. The van der Waals surface area contributed by atoms with Crippen molar-refractivity contribution in [3.05, 3.63) is 68.6 Å². The highest BCUT2D eigenvalue weighted by Gasteiger charge is 2.36. The van der Waals surface area contributed by atoms with Gasteiger partial charge < -0.3 is 14.2 Å². The van der Waals surface area contributed by atoms with E-state index < -0.39 is 28.6 Å². The van der Waals surface area contributed by atoms with Crippen molar-refractivity contribution >= 4 is 40.6 Å². The van der Waals surface area contributed by atoms with Crippen molar-refractivity contribution in [2.45, 2.75) is 6.61 Å². The fourth-order valence-electron chi connectivity index (χ4n) is 2.80. The maximum atomic E-state index is 12.4. The SMILES string of the molecule is COC(=O)CN1C(=O)S/C(=C/c2ccc(OCc3cccc([N+](=O)[O-])c3)c(OC)c2)C1=O. The highest BCUT2D eigenvalue weighted by Crippen LogP contribution is 2.34. The average molecular weight is 458 g/mol. The van der Waals surface area contributed by atoms with Crippen molar-refractivity contribution in [1.29, 1.82) is 0 Å². The van der Waals surface area contributed by atoms with Crippen molar-refractivity contribution in [1.82, 2.24) is 4.90 Å². The van der Waals surface area contributed by atoms with Crippen LogP contribution in [0.5, 0.6) is 11.5 Å². The van der Waals surface area contributed by atoms with E-state index in [1.165, 1.54) is 32.4 Å². The molecule has 1 fully saturated rings. The molecule has 10 nitrogen and oxygen atoms in total. The first kappa shape index (κ1) is 22.8. The molecule has 0 spiro atoms. The van der Waals surface area contributed by atoms with Crippen molar-refractivity contribution in [3.63, 3.8) is 0 Å². The molecule has 3 rings (SSSR count). The molecule has 0 unspecified atom stereocenters. The van der Waals surface area contributed by atoms with Crippen LogP contribution in [-0.4, -0.2) is 47.7 Å². The predicted octanol–water partition coefficient (Wildman–Crippen LogP) is 3.39. The highest BCUT2D eigenvalue weighted by molar-refractivity contribution is 8.18. The number of amides is 2. The maximum absolute atomic E-state index is 12.4. The molecule has 11 heteroatoms. The van der Waals surface area contributed by atoms with Crippen LogP contribution in [0.4, 0.5) is 10.5 Å². The summed E-state index contributed by atoms with van der Waals surface area (Å²) in [6, 6.07) is 11.0. The summed E-state index contributed by atoms with van der Waals surface area (Å²) in [5.74, 6) is -0.510.